The van der Waals surface area contributed by atoms with Crippen LogP contribution in [0.15, 0.2) is 34.7 Å². The number of hydrogen-bond acceptors (Lipinski definition) is 4. The van der Waals surface area contributed by atoms with Crippen LogP contribution in [0, 0.1) is 17.8 Å². The third-order valence-electron chi connectivity index (χ3n) is 7.95. The number of halogens is 1. The third-order valence-corrected chi connectivity index (χ3v) is 7.95. The molecule has 5 rings (SSSR count). The SMILES string of the molecule is Cn1nc(C(C)(C)CC(=O)N2CCCC3C(C(=O)O)CCCC32)c2c(-c3ccc(F)o3)cccc21. The van der Waals surface area contributed by atoms with Crippen molar-refractivity contribution in [2.75, 3.05) is 6.54 Å². The van der Waals surface area contributed by atoms with Gasteiger partial charge >= 0.3 is 5.97 Å². The van der Waals surface area contributed by atoms with Gasteiger partial charge in [0.05, 0.1) is 17.1 Å². The van der Waals surface area contributed by atoms with Crippen LogP contribution in [0.5, 0.6) is 0 Å². The second-order valence-electron chi connectivity index (χ2n) is 10.7. The lowest BCUT2D eigenvalue weighted by atomic mass is 9.71. The number of carboxylic acids is 1. The second-order valence-corrected chi connectivity index (χ2v) is 10.7. The quantitative estimate of drug-likeness (QED) is 0.546. The molecule has 0 bridgehead atoms. The van der Waals surface area contributed by atoms with Crippen LogP contribution in [0.2, 0.25) is 0 Å². The van der Waals surface area contributed by atoms with Gasteiger partial charge in [0.15, 0.2) is 0 Å². The van der Waals surface area contributed by atoms with Crippen LogP contribution in [0.1, 0.15) is 58.1 Å². The minimum absolute atomic E-state index is 0.0102. The Morgan fingerprint density at radius 1 is 1.17 bits per heavy atom. The van der Waals surface area contributed by atoms with Crippen molar-refractivity contribution in [3.05, 3.63) is 42.0 Å². The molecule has 1 aliphatic heterocycles. The minimum atomic E-state index is -0.740. The number of aryl methyl sites for hydroxylation is 1. The van der Waals surface area contributed by atoms with Gasteiger partial charge in [-0.2, -0.15) is 9.49 Å². The average molecular weight is 482 g/mol. The summed E-state index contributed by atoms with van der Waals surface area (Å²) in [4.78, 5) is 27.5. The molecule has 1 aliphatic carbocycles. The van der Waals surface area contributed by atoms with E-state index in [0.29, 0.717) is 18.7 Å². The summed E-state index contributed by atoms with van der Waals surface area (Å²) in [5, 5.41) is 15.4. The van der Waals surface area contributed by atoms with Gasteiger partial charge in [-0.3, -0.25) is 14.3 Å². The summed E-state index contributed by atoms with van der Waals surface area (Å²) in [7, 11) is 1.86. The van der Waals surface area contributed by atoms with Gasteiger partial charge in [-0.25, -0.2) is 0 Å². The van der Waals surface area contributed by atoms with E-state index in [2.05, 4.69) is 0 Å². The first-order valence-corrected chi connectivity index (χ1v) is 12.4. The van der Waals surface area contributed by atoms with Gasteiger partial charge in [0.25, 0.3) is 6.01 Å². The van der Waals surface area contributed by atoms with Gasteiger partial charge in [0.1, 0.15) is 5.76 Å². The van der Waals surface area contributed by atoms with Crippen LogP contribution < -0.4 is 0 Å². The molecule has 1 saturated heterocycles. The van der Waals surface area contributed by atoms with Crippen molar-refractivity contribution in [2.45, 2.75) is 63.8 Å². The molecular formula is C27H32FN3O4. The average Bonchev–Trinajstić information content (AvgIpc) is 3.41. The molecule has 7 nitrogen and oxygen atoms in total. The first kappa shape index (κ1) is 23.6. The first-order chi connectivity index (χ1) is 16.7. The Morgan fingerprint density at radius 3 is 2.69 bits per heavy atom. The Morgan fingerprint density at radius 2 is 1.97 bits per heavy atom. The number of carboxylic acid groups (broad SMARTS) is 1. The smallest absolute Gasteiger partial charge is 0.306 e. The van der Waals surface area contributed by atoms with Crippen molar-refractivity contribution in [2.24, 2.45) is 18.9 Å². The van der Waals surface area contributed by atoms with E-state index in [1.54, 1.807) is 10.7 Å². The number of carbonyl (C=O) groups is 2. The molecule has 1 aromatic carbocycles. The normalized spacial score (nSPS) is 22.9. The maximum atomic E-state index is 13.7. The fraction of sp³-hybridized carbons (Fsp3) is 0.519. The Balaban J connectivity index is 1.47. The highest BCUT2D eigenvalue weighted by atomic mass is 19.1. The van der Waals surface area contributed by atoms with Crippen LogP contribution in [-0.2, 0) is 22.1 Å². The number of carbonyl (C=O) groups excluding carboxylic acids is 1. The number of fused-ring (bicyclic) bond motifs is 2. The van der Waals surface area contributed by atoms with Crippen molar-refractivity contribution in [3.63, 3.8) is 0 Å². The predicted octanol–water partition coefficient (Wildman–Crippen LogP) is 5.13. The molecule has 1 saturated carbocycles. The molecule has 1 amide bonds. The number of likely N-dealkylation sites (tertiary alicyclic amines) is 1. The maximum absolute atomic E-state index is 13.7. The number of benzene rings is 1. The van der Waals surface area contributed by atoms with Crippen LogP contribution in [0.25, 0.3) is 22.2 Å². The topological polar surface area (TPSA) is 88.6 Å². The highest BCUT2D eigenvalue weighted by Gasteiger charge is 2.44. The Kier molecular flexibility index (Phi) is 5.93. The molecule has 3 atom stereocenters. The lowest BCUT2D eigenvalue weighted by Crippen LogP contribution is -2.54. The Labute approximate surface area is 203 Å². The van der Waals surface area contributed by atoms with Gasteiger partial charge in [0, 0.05) is 48.5 Å². The van der Waals surface area contributed by atoms with Gasteiger partial charge < -0.3 is 14.4 Å². The van der Waals surface area contributed by atoms with Crippen LogP contribution in [-0.4, -0.2) is 44.3 Å². The second kappa shape index (κ2) is 8.81. The standard InChI is InChI=1S/C27H32FN3O4/c1-27(2,15-23(32)31-14-6-9-16-17(26(33)34)7-4-10-19(16)31)25-24-18(21-12-13-22(28)35-21)8-5-11-20(24)30(3)29-25/h5,8,11-13,16-17,19H,4,6-7,9-10,14-15H2,1-3H3,(H,33,34). The number of rotatable bonds is 5. The molecule has 3 heterocycles. The zero-order chi connectivity index (χ0) is 24.9. The summed E-state index contributed by atoms with van der Waals surface area (Å²) < 4.78 is 20.7. The molecule has 186 valence electrons. The summed E-state index contributed by atoms with van der Waals surface area (Å²) in [5.74, 6) is -0.621. The molecule has 0 spiro atoms. The zero-order valence-corrected chi connectivity index (χ0v) is 20.5. The number of amides is 1. The lowest BCUT2D eigenvalue weighted by molar-refractivity contribution is -0.152. The molecule has 1 N–H and O–H groups in total. The molecule has 0 radical (unpaired) electrons. The summed E-state index contributed by atoms with van der Waals surface area (Å²) >= 11 is 0. The number of aromatic nitrogens is 2. The summed E-state index contributed by atoms with van der Waals surface area (Å²) in [5.41, 5.74) is 1.77. The molecule has 3 unspecified atom stereocenters. The number of piperidine rings is 1. The molecule has 2 aliphatic rings. The number of hydrogen-bond donors (Lipinski definition) is 1. The van der Waals surface area contributed by atoms with Crippen molar-refractivity contribution in [1.82, 2.24) is 14.7 Å². The van der Waals surface area contributed by atoms with Crippen molar-refractivity contribution >= 4 is 22.8 Å². The Hall–Kier alpha value is -3.16. The van der Waals surface area contributed by atoms with E-state index in [4.69, 9.17) is 9.52 Å². The summed E-state index contributed by atoms with van der Waals surface area (Å²) in [6.07, 6.45) is 4.34. The van der Waals surface area contributed by atoms with E-state index in [0.717, 1.165) is 47.8 Å². The fourth-order valence-electron chi connectivity index (χ4n) is 6.32. The van der Waals surface area contributed by atoms with Crippen LogP contribution in [0.4, 0.5) is 4.39 Å². The van der Waals surface area contributed by atoms with E-state index >= 15 is 0 Å². The molecule has 35 heavy (non-hydrogen) atoms. The molecule has 2 fully saturated rings. The monoisotopic (exact) mass is 481 g/mol. The third kappa shape index (κ3) is 4.13. The highest BCUT2D eigenvalue weighted by Crippen LogP contribution is 2.42. The van der Waals surface area contributed by atoms with Crippen molar-refractivity contribution in [3.8, 4) is 11.3 Å². The number of furan rings is 1. The van der Waals surface area contributed by atoms with E-state index in [-0.39, 0.29) is 30.2 Å². The van der Waals surface area contributed by atoms with Gasteiger partial charge in [-0.1, -0.05) is 32.4 Å². The predicted molar refractivity (Wildman–Crippen MR) is 129 cm³/mol. The Bertz CT molecular complexity index is 1280. The molecule has 2 aromatic heterocycles. The van der Waals surface area contributed by atoms with Crippen molar-refractivity contribution < 1.29 is 23.5 Å². The van der Waals surface area contributed by atoms with E-state index in [1.165, 1.54) is 6.07 Å². The summed E-state index contributed by atoms with van der Waals surface area (Å²) in [6.45, 7) is 4.69. The van der Waals surface area contributed by atoms with E-state index in [9.17, 15) is 19.1 Å². The largest absolute Gasteiger partial charge is 0.481 e. The van der Waals surface area contributed by atoms with Crippen LogP contribution in [0.3, 0.4) is 0 Å². The zero-order valence-electron chi connectivity index (χ0n) is 20.5. The molecular weight excluding hydrogens is 449 g/mol. The van der Waals surface area contributed by atoms with Gasteiger partial charge in [-0.15, -0.1) is 0 Å². The van der Waals surface area contributed by atoms with Gasteiger partial charge in [-0.05, 0) is 43.7 Å². The highest BCUT2D eigenvalue weighted by molar-refractivity contribution is 5.97. The summed E-state index contributed by atoms with van der Waals surface area (Å²) in [6, 6.07) is 7.96. The lowest BCUT2D eigenvalue weighted by Gasteiger charge is -2.47. The minimum Gasteiger partial charge on any atom is -0.481 e. The van der Waals surface area contributed by atoms with E-state index < -0.39 is 17.4 Å². The van der Waals surface area contributed by atoms with Crippen molar-refractivity contribution in [1.29, 1.82) is 0 Å². The number of nitrogens with zero attached hydrogens (tertiary/aromatic N) is 3. The number of aliphatic carboxylic acids is 1. The van der Waals surface area contributed by atoms with Gasteiger partial charge in [0.2, 0.25) is 5.91 Å². The molecule has 8 heteroatoms. The molecule has 3 aromatic rings. The van der Waals surface area contributed by atoms with Crippen LogP contribution >= 0.6 is 0 Å². The first-order valence-electron chi connectivity index (χ1n) is 12.4. The fourth-order valence-corrected chi connectivity index (χ4v) is 6.32. The maximum Gasteiger partial charge on any atom is 0.306 e. The van der Waals surface area contributed by atoms with E-state index in [1.807, 2.05) is 44.0 Å².